The zero-order valence-electron chi connectivity index (χ0n) is 5.80. The van der Waals surface area contributed by atoms with E-state index in [1.165, 1.54) is 10.9 Å². The van der Waals surface area contributed by atoms with E-state index >= 15 is 0 Å². The molecule has 0 N–H and O–H groups in total. The fourth-order valence-corrected chi connectivity index (χ4v) is 0.862. The van der Waals surface area contributed by atoms with Gasteiger partial charge in [0.2, 0.25) is 0 Å². The molecule has 0 amide bonds. The molecular formula is C5H5N5O. The number of hydrogen-bond acceptors (Lipinski definition) is 4. The van der Waals surface area contributed by atoms with Crippen LogP contribution < -0.4 is 5.69 Å². The zero-order valence-corrected chi connectivity index (χ0v) is 5.80. The summed E-state index contributed by atoms with van der Waals surface area (Å²) in [4.78, 5) is 14.9. The van der Waals surface area contributed by atoms with Crippen molar-refractivity contribution >= 4 is 5.65 Å². The molecule has 2 rings (SSSR count). The van der Waals surface area contributed by atoms with E-state index < -0.39 is 0 Å². The van der Waals surface area contributed by atoms with Gasteiger partial charge in [0.15, 0.2) is 5.65 Å². The zero-order chi connectivity index (χ0) is 7.84. The molecule has 2 aromatic heterocycles. The molecule has 2 aromatic rings. The predicted molar refractivity (Wildman–Crippen MR) is 36.0 cm³/mol. The number of hydrogen-bond donors (Lipinski definition) is 0. The number of rotatable bonds is 0. The van der Waals surface area contributed by atoms with Gasteiger partial charge in [-0.25, -0.2) is 9.78 Å². The molecule has 11 heavy (non-hydrogen) atoms. The van der Waals surface area contributed by atoms with Crippen LogP contribution in [-0.2, 0) is 7.05 Å². The topological polar surface area (TPSA) is 65.1 Å². The maximum atomic E-state index is 11.1. The summed E-state index contributed by atoms with van der Waals surface area (Å²) in [5.41, 5.74) is 0.271. The van der Waals surface area contributed by atoms with Gasteiger partial charge in [0, 0.05) is 7.05 Å². The molecule has 0 saturated carbocycles. The van der Waals surface area contributed by atoms with Crippen molar-refractivity contribution in [3.05, 3.63) is 23.0 Å². The third kappa shape index (κ3) is 0.721. The molecular weight excluding hydrogens is 146 g/mol. The van der Waals surface area contributed by atoms with Crippen molar-refractivity contribution in [1.29, 1.82) is 0 Å². The van der Waals surface area contributed by atoms with Crippen molar-refractivity contribution in [2.75, 3.05) is 0 Å². The quantitative estimate of drug-likeness (QED) is 0.475. The Balaban J connectivity index is 3.04. The van der Waals surface area contributed by atoms with Gasteiger partial charge in [-0.15, -0.1) is 9.61 Å². The molecule has 0 fully saturated rings. The Labute approximate surface area is 61.1 Å². The van der Waals surface area contributed by atoms with Crippen LogP contribution in [0.15, 0.2) is 17.3 Å². The highest BCUT2D eigenvalue weighted by molar-refractivity contribution is 5.31. The third-order valence-electron chi connectivity index (χ3n) is 1.39. The second-order valence-electron chi connectivity index (χ2n) is 2.14. The van der Waals surface area contributed by atoms with E-state index in [1.54, 1.807) is 13.2 Å². The summed E-state index contributed by atoms with van der Waals surface area (Å²) < 4.78 is 2.54. The molecule has 0 spiro atoms. The van der Waals surface area contributed by atoms with Gasteiger partial charge in [-0.05, 0) is 0 Å². The summed E-state index contributed by atoms with van der Waals surface area (Å²) >= 11 is 0. The molecule has 0 atom stereocenters. The molecule has 56 valence electrons. The van der Waals surface area contributed by atoms with Crippen molar-refractivity contribution in [3.63, 3.8) is 0 Å². The first-order valence-electron chi connectivity index (χ1n) is 3.01. The predicted octanol–water partition coefficient (Wildman–Crippen LogP) is -1.18. The maximum Gasteiger partial charge on any atom is 0.351 e. The van der Waals surface area contributed by atoms with E-state index in [1.807, 2.05) is 0 Å². The molecule has 2 heterocycles. The fraction of sp³-hybridized carbons (Fsp3) is 0.200. The van der Waals surface area contributed by atoms with Crippen LogP contribution in [0.2, 0.25) is 0 Å². The molecule has 0 aliphatic carbocycles. The minimum Gasteiger partial charge on any atom is -0.298 e. The summed E-state index contributed by atoms with van der Waals surface area (Å²) in [5, 5.41) is 7.05. The second-order valence-corrected chi connectivity index (χ2v) is 2.14. The van der Waals surface area contributed by atoms with Gasteiger partial charge in [-0.1, -0.05) is 5.21 Å². The van der Waals surface area contributed by atoms with E-state index in [-0.39, 0.29) is 5.69 Å². The summed E-state index contributed by atoms with van der Waals surface area (Å²) in [5.74, 6) is 0. The van der Waals surface area contributed by atoms with Gasteiger partial charge < -0.3 is 0 Å². The normalized spacial score (nSPS) is 10.6. The van der Waals surface area contributed by atoms with Gasteiger partial charge in [-0.3, -0.25) is 4.57 Å². The number of fused-ring (bicyclic) bond motifs is 1. The Bertz CT molecular complexity index is 441. The van der Waals surface area contributed by atoms with Crippen LogP contribution in [0.4, 0.5) is 0 Å². The lowest BCUT2D eigenvalue weighted by atomic mass is 10.8. The van der Waals surface area contributed by atoms with E-state index in [9.17, 15) is 4.79 Å². The third-order valence-corrected chi connectivity index (χ3v) is 1.39. The van der Waals surface area contributed by atoms with Crippen LogP contribution in [0.1, 0.15) is 0 Å². The van der Waals surface area contributed by atoms with Crippen LogP contribution >= 0.6 is 0 Å². The highest BCUT2D eigenvalue weighted by Gasteiger charge is 2.01. The van der Waals surface area contributed by atoms with Gasteiger partial charge in [0.1, 0.15) is 6.33 Å². The largest absolute Gasteiger partial charge is 0.351 e. The van der Waals surface area contributed by atoms with Crippen LogP contribution in [0, 0.1) is 0 Å². The number of aryl methyl sites for hydroxylation is 1. The smallest absolute Gasteiger partial charge is 0.298 e. The lowest BCUT2D eigenvalue weighted by Crippen LogP contribution is -2.19. The summed E-state index contributed by atoms with van der Waals surface area (Å²) in [6.45, 7) is 0. The van der Waals surface area contributed by atoms with Crippen LogP contribution in [-0.4, -0.2) is 24.4 Å². The fourth-order valence-electron chi connectivity index (χ4n) is 0.862. The lowest BCUT2D eigenvalue weighted by Gasteiger charge is -1.82. The molecule has 0 radical (unpaired) electrons. The van der Waals surface area contributed by atoms with Crippen molar-refractivity contribution in [3.8, 4) is 0 Å². The van der Waals surface area contributed by atoms with Crippen molar-refractivity contribution < 1.29 is 0 Å². The Kier molecular flexibility index (Phi) is 1.03. The molecule has 0 unspecified atom stereocenters. The SMILES string of the molecule is Cn1cc2ncnnn2c1=O. The van der Waals surface area contributed by atoms with E-state index in [0.29, 0.717) is 5.65 Å². The first-order chi connectivity index (χ1) is 5.29. The Morgan fingerprint density at radius 3 is 3.09 bits per heavy atom. The van der Waals surface area contributed by atoms with Crippen molar-refractivity contribution in [1.82, 2.24) is 24.4 Å². The monoisotopic (exact) mass is 151 g/mol. The van der Waals surface area contributed by atoms with Crippen molar-refractivity contribution in [2.24, 2.45) is 7.05 Å². The highest BCUT2D eigenvalue weighted by atomic mass is 16.2. The average molecular weight is 151 g/mol. The molecule has 6 heteroatoms. The van der Waals surface area contributed by atoms with E-state index in [2.05, 4.69) is 15.3 Å². The summed E-state index contributed by atoms with van der Waals surface area (Å²) in [6, 6.07) is 0. The van der Waals surface area contributed by atoms with Gasteiger partial charge in [0.25, 0.3) is 0 Å². The van der Waals surface area contributed by atoms with Crippen LogP contribution in [0.5, 0.6) is 0 Å². The molecule has 0 aromatic carbocycles. The molecule has 0 aliphatic rings. The van der Waals surface area contributed by atoms with Crippen LogP contribution in [0.25, 0.3) is 5.65 Å². The lowest BCUT2D eigenvalue weighted by molar-refractivity contribution is 0.720. The molecule has 0 bridgehead atoms. The van der Waals surface area contributed by atoms with E-state index in [0.717, 1.165) is 4.52 Å². The second kappa shape index (κ2) is 1.88. The summed E-state index contributed by atoms with van der Waals surface area (Å²) in [7, 11) is 1.64. The van der Waals surface area contributed by atoms with Gasteiger partial charge in [-0.2, -0.15) is 0 Å². The molecule has 6 nitrogen and oxygen atoms in total. The molecule has 0 aliphatic heterocycles. The minimum atomic E-state index is -0.236. The first-order valence-corrected chi connectivity index (χ1v) is 3.01. The van der Waals surface area contributed by atoms with Crippen LogP contribution in [0.3, 0.4) is 0 Å². The van der Waals surface area contributed by atoms with Gasteiger partial charge in [0.05, 0.1) is 6.20 Å². The minimum absolute atomic E-state index is 0.236. The Hall–Kier alpha value is -1.72. The average Bonchev–Trinajstić information content (AvgIpc) is 2.30. The van der Waals surface area contributed by atoms with Crippen molar-refractivity contribution in [2.45, 2.75) is 0 Å². The standard InChI is InChI=1S/C5H5N5O/c1-9-2-4-6-3-7-8-10(4)5(9)11/h2-3H,1H3. The number of aromatic nitrogens is 5. The number of imidazole rings is 1. The van der Waals surface area contributed by atoms with Gasteiger partial charge >= 0.3 is 5.69 Å². The number of nitrogens with zero attached hydrogens (tertiary/aromatic N) is 5. The highest BCUT2D eigenvalue weighted by Crippen LogP contribution is 1.87. The molecule has 0 saturated heterocycles. The summed E-state index contributed by atoms with van der Waals surface area (Å²) in [6.07, 6.45) is 2.89. The Morgan fingerprint density at radius 1 is 1.55 bits per heavy atom. The van der Waals surface area contributed by atoms with E-state index in [4.69, 9.17) is 0 Å². The first kappa shape index (κ1) is 6.02. The maximum absolute atomic E-state index is 11.1. The Morgan fingerprint density at radius 2 is 2.36 bits per heavy atom.